The van der Waals surface area contributed by atoms with Crippen LogP contribution in [-0.2, 0) is 4.79 Å². The van der Waals surface area contributed by atoms with Gasteiger partial charge in [-0.15, -0.1) is 0 Å². The molecule has 0 bridgehead atoms. The minimum atomic E-state index is 0.133. The number of hydrogen-bond acceptors (Lipinski definition) is 5. The van der Waals surface area contributed by atoms with Crippen LogP contribution in [-0.4, -0.2) is 54.0 Å². The summed E-state index contributed by atoms with van der Waals surface area (Å²) in [4.78, 5) is 24.2. The molecule has 1 fully saturated rings. The molecular weight excluding hydrogens is 290 g/mol. The number of likely N-dealkylation sites (N-methyl/N-ethyl adjacent to an activating group) is 1. The fourth-order valence-corrected chi connectivity index (χ4v) is 3.05. The van der Waals surface area contributed by atoms with E-state index in [0.717, 1.165) is 37.7 Å². The molecule has 1 aromatic heterocycles. The third-order valence-electron chi connectivity index (χ3n) is 4.57. The Labute approximate surface area is 137 Å². The zero-order valence-electron chi connectivity index (χ0n) is 13.8. The van der Waals surface area contributed by atoms with E-state index in [1.165, 1.54) is 25.7 Å². The highest BCUT2D eigenvalue weighted by Gasteiger charge is 2.22. The van der Waals surface area contributed by atoms with Gasteiger partial charge in [0.15, 0.2) is 0 Å². The topological polar surface area (TPSA) is 61.4 Å². The summed E-state index contributed by atoms with van der Waals surface area (Å²) in [5, 5.41) is 3.38. The van der Waals surface area contributed by atoms with Gasteiger partial charge in [-0.2, -0.15) is 0 Å². The summed E-state index contributed by atoms with van der Waals surface area (Å²) in [5.41, 5.74) is 1.56. The first-order valence-electron chi connectivity index (χ1n) is 8.45. The molecule has 1 saturated heterocycles. The number of carbonyl (C=O) groups excluding carboxylic acids is 1. The molecule has 6 nitrogen and oxygen atoms in total. The second-order valence-electron chi connectivity index (χ2n) is 6.28. The Kier molecular flexibility index (Phi) is 5.10. The number of nitrogens with one attached hydrogen (secondary N) is 1. The van der Waals surface area contributed by atoms with Crippen molar-refractivity contribution in [2.24, 2.45) is 0 Å². The number of piperazine rings is 1. The maximum absolute atomic E-state index is 11.8. The van der Waals surface area contributed by atoms with Crippen LogP contribution in [0, 0.1) is 0 Å². The van der Waals surface area contributed by atoms with Gasteiger partial charge in [-0.3, -0.25) is 4.79 Å². The van der Waals surface area contributed by atoms with Gasteiger partial charge in [-0.25, -0.2) is 9.97 Å². The van der Waals surface area contributed by atoms with E-state index in [-0.39, 0.29) is 5.91 Å². The van der Waals surface area contributed by atoms with Crippen LogP contribution in [0.4, 0.5) is 11.6 Å². The summed E-state index contributed by atoms with van der Waals surface area (Å²) in [6.07, 6.45) is 10.1. The van der Waals surface area contributed by atoms with Crippen molar-refractivity contribution in [3.8, 4) is 0 Å². The molecule has 1 aliphatic heterocycles. The molecule has 1 amide bonds. The molecule has 2 aliphatic rings. The van der Waals surface area contributed by atoms with E-state index >= 15 is 0 Å². The van der Waals surface area contributed by atoms with Gasteiger partial charge in [0.05, 0.1) is 6.54 Å². The Bertz CT molecular complexity index is 586. The van der Waals surface area contributed by atoms with E-state index in [0.29, 0.717) is 6.54 Å². The highest BCUT2D eigenvalue weighted by Crippen LogP contribution is 2.20. The normalized spacial score (nSPS) is 18.8. The van der Waals surface area contributed by atoms with E-state index in [4.69, 9.17) is 0 Å². The number of carbonyl (C=O) groups is 1. The van der Waals surface area contributed by atoms with Gasteiger partial charge < -0.3 is 15.1 Å². The second-order valence-corrected chi connectivity index (χ2v) is 6.28. The highest BCUT2D eigenvalue weighted by atomic mass is 16.2. The Morgan fingerprint density at radius 2 is 2.17 bits per heavy atom. The fourth-order valence-electron chi connectivity index (χ4n) is 3.05. The van der Waals surface area contributed by atoms with Crippen molar-refractivity contribution in [3.63, 3.8) is 0 Å². The average molecular weight is 315 g/mol. The molecule has 0 atom stereocenters. The quantitative estimate of drug-likeness (QED) is 0.843. The molecule has 23 heavy (non-hydrogen) atoms. The Balaban J connectivity index is 1.55. The molecule has 1 N–H and O–H groups in total. The SMILES string of the molecule is CN1CCN(c2cc(NCCC3=CCCCC3)ncn2)CC1=O. The van der Waals surface area contributed by atoms with Gasteiger partial charge in [0.2, 0.25) is 5.91 Å². The van der Waals surface area contributed by atoms with Gasteiger partial charge in [0.1, 0.15) is 18.0 Å². The Morgan fingerprint density at radius 1 is 1.26 bits per heavy atom. The van der Waals surface area contributed by atoms with Crippen molar-refractivity contribution in [2.45, 2.75) is 32.1 Å². The minimum absolute atomic E-state index is 0.133. The Hall–Kier alpha value is -2.11. The van der Waals surface area contributed by atoms with Gasteiger partial charge in [-0.1, -0.05) is 11.6 Å². The summed E-state index contributed by atoms with van der Waals surface area (Å²) < 4.78 is 0. The van der Waals surface area contributed by atoms with Crippen molar-refractivity contribution >= 4 is 17.5 Å². The van der Waals surface area contributed by atoms with Crippen LogP contribution in [0.1, 0.15) is 32.1 Å². The number of anilines is 2. The molecule has 0 unspecified atom stereocenters. The van der Waals surface area contributed by atoms with E-state index in [1.807, 2.05) is 18.0 Å². The molecule has 6 heteroatoms. The van der Waals surface area contributed by atoms with E-state index < -0.39 is 0 Å². The summed E-state index contributed by atoms with van der Waals surface area (Å²) in [6.45, 7) is 2.83. The van der Waals surface area contributed by atoms with Crippen LogP contribution in [0.25, 0.3) is 0 Å². The fraction of sp³-hybridized carbons (Fsp3) is 0.588. The predicted molar refractivity (Wildman–Crippen MR) is 91.5 cm³/mol. The average Bonchev–Trinajstić information content (AvgIpc) is 2.59. The van der Waals surface area contributed by atoms with Crippen LogP contribution in [0.3, 0.4) is 0 Å². The first kappa shape index (κ1) is 15.8. The molecule has 0 aromatic carbocycles. The maximum atomic E-state index is 11.8. The maximum Gasteiger partial charge on any atom is 0.241 e. The lowest BCUT2D eigenvalue weighted by Gasteiger charge is -2.32. The summed E-state index contributed by atoms with van der Waals surface area (Å²) in [6, 6.07) is 1.94. The number of amides is 1. The third-order valence-corrected chi connectivity index (χ3v) is 4.57. The lowest BCUT2D eigenvalue weighted by molar-refractivity contribution is -0.129. The largest absolute Gasteiger partial charge is 0.370 e. The highest BCUT2D eigenvalue weighted by molar-refractivity contribution is 5.82. The molecule has 124 valence electrons. The number of aromatic nitrogens is 2. The van der Waals surface area contributed by atoms with Crippen LogP contribution in [0.2, 0.25) is 0 Å². The van der Waals surface area contributed by atoms with Crippen LogP contribution >= 0.6 is 0 Å². The van der Waals surface area contributed by atoms with Gasteiger partial charge in [0, 0.05) is 32.7 Å². The van der Waals surface area contributed by atoms with Crippen LogP contribution < -0.4 is 10.2 Å². The van der Waals surface area contributed by atoms with Crippen molar-refractivity contribution in [3.05, 3.63) is 24.0 Å². The van der Waals surface area contributed by atoms with Crippen molar-refractivity contribution in [1.82, 2.24) is 14.9 Å². The van der Waals surface area contributed by atoms with E-state index in [2.05, 4.69) is 21.4 Å². The van der Waals surface area contributed by atoms with Gasteiger partial charge in [0.25, 0.3) is 0 Å². The first-order valence-corrected chi connectivity index (χ1v) is 8.45. The molecule has 2 heterocycles. The minimum Gasteiger partial charge on any atom is -0.370 e. The zero-order chi connectivity index (χ0) is 16.1. The van der Waals surface area contributed by atoms with Crippen molar-refractivity contribution < 1.29 is 4.79 Å². The Morgan fingerprint density at radius 3 is 2.96 bits per heavy atom. The molecular formula is C17H25N5O. The third kappa shape index (κ3) is 4.21. The lowest BCUT2D eigenvalue weighted by Crippen LogP contribution is -2.48. The smallest absolute Gasteiger partial charge is 0.241 e. The van der Waals surface area contributed by atoms with Crippen LogP contribution in [0.5, 0.6) is 0 Å². The summed E-state index contributed by atoms with van der Waals surface area (Å²) in [5.74, 6) is 1.78. The summed E-state index contributed by atoms with van der Waals surface area (Å²) in [7, 11) is 1.84. The second kappa shape index (κ2) is 7.44. The number of rotatable bonds is 5. The number of allylic oxidation sites excluding steroid dienone is 1. The van der Waals surface area contributed by atoms with E-state index in [1.54, 1.807) is 16.8 Å². The predicted octanol–water partition coefficient (Wildman–Crippen LogP) is 2.06. The van der Waals surface area contributed by atoms with Crippen molar-refractivity contribution in [1.29, 1.82) is 0 Å². The molecule has 0 spiro atoms. The first-order chi connectivity index (χ1) is 11.2. The molecule has 1 aliphatic carbocycles. The van der Waals surface area contributed by atoms with E-state index in [9.17, 15) is 4.79 Å². The molecule has 3 rings (SSSR count). The standard InChI is InChI=1S/C17H25N5O/c1-21-9-10-22(12-17(21)23)16-11-15(19-13-20-16)18-8-7-14-5-3-2-4-6-14/h5,11,13H,2-4,6-10,12H2,1H3,(H,18,19,20). The molecule has 1 aromatic rings. The monoisotopic (exact) mass is 315 g/mol. The van der Waals surface area contributed by atoms with Gasteiger partial charge >= 0.3 is 0 Å². The van der Waals surface area contributed by atoms with Gasteiger partial charge in [-0.05, 0) is 32.1 Å². The summed E-state index contributed by atoms with van der Waals surface area (Å²) >= 11 is 0. The number of nitrogens with zero attached hydrogens (tertiary/aromatic N) is 4. The van der Waals surface area contributed by atoms with Crippen LogP contribution in [0.15, 0.2) is 24.0 Å². The van der Waals surface area contributed by atoms with Crippen molar-refractivity contribution in [2.75, 3.05) is 43.4 Å². The molecule has 0 radical (unpaired) electrons. The lowest BCUT2D eigenvalue weighted by atomic mass is 9.97. The number of hydrogen-bond donors (Lipinski definition) is 1. The molecule has 0 saturated carbocycles. The zero-order valence-corrected chi connectivity index (χ0v) is 13.8.